The van der Waals surface area contributed by atoms with Gasteiger partial charge in [0.2, 0.25) is 53.2 Å². The lowest BCUT2D eigenvalue weighted by Gasteiger charge is -2.31. The SMILES string of the molecule is CC(C)C[C@H](N)C(=O)N[C@@H](Cc1cnc[nH]1)C(=O)N[C@H](C(=O)N[C@@H](CC(=O)O)C(=O)N1CCC[C@H]1C(=O)N[C@@H](CCC(=O)O)C(=O)N[C@@H](CC(N)=O)C(=O)N[C@@H](Cc1ccccc1)C(=O)N[C@@H](CCCN=C(N)N)C(=O)O)C(C)C. The van der Waals surface area contributed by atoms with E-state index in [2.05, 4.69) is 52.2 Å². The molecule has 0 spiro atoms. The average molecular weight is 1130 g/mol. The van der Waals surface area contributed by atoms with E-state index in [0.29, 0.717) is 17.7 Å². The van der Waals surface area contributed by atoms with Gasteiger partial charge in [0.25, 0.3) is 0 Å². The first-order valence-corrected chi connectivity index (χ1v) is 25.9. The predicted octanol–water partition coefficient (Wildman–Crippen LogP) is -4.04. The van der Waals surface area contributed by atoms with Gasteiger partial charge in [-0.2, -0.15) is 0 Å². The number of nitrogens with zero attached hydrogens (tertiary/aromatic N) is 3. The fourth-order valence-electron chi connectivity index (χ4n) is 8.50. The Hall–Kier alpha value is -8.70. The highest BCUT2D eigenvalue weighted by Crippen LogP contribution is 2.21. The highest BCUT2D eigenvalue weighted by Gasteiger charge is 2.42. The Morgan fingerprint density at radius 3 is 1.85 bits per heavy atom. The lowest BCUT2D eigenvalue weighted by molar-refractivity contribution is -0.146. The number of hydrogen-bond acceptors (Lipinski definition) is 15. The Labute approximate surface area is 460 Å². The summed E-state index contributed by atoms with van der Waals surface area (Å²) in [6.45, 7) is 6.72. The molecule has 9 amide bonds. The highest BCUT2D eigenvalue weighted by atomic mass is 16.4. The third kappa shape index (κ3) is 22.3. The third-order valence-electron chi connectivity index (χ3n) is 12.5. The van der Waals surface area contributed by atoms with E-state index >= 15 is 0 Å². The van der Waals surface area contributed by atoms with Crippen molar-refractivity contribution in [2.45, 2.75) is 153 Å². The smallest absolute Gasteiger partial charge is 0.326 e. The molecule has 0 saturated carbocycles. The Kier molecular flexibility index (Phi) is 26.4. The fraction of sp³-hybridized carbons (Fsp3) is 0.560. The lowest BCUT2D eigenvalue weighted by atomic mass is 10.0. The number of carboxylic acid groups (broad SMARTS) is 3. The van der Waals surface area contributed by atoms with E-state index in [1.165, 1.54) is 12.5 Å². The minimum atomic E-state index is -1.87. The largest absolute Gasteiger partial charge is 0.481 e. The lowest BCUT2D eigenvalue weighted by Crippen LogP contribution is -2.61. The highest BCUT2D eigenvalue weighted by molar-refractivity contribution is 6.00. The van der Waals surface area contributed by atoms with Crippen molar-refractivity contribution in [2.75, 3.05) is 13.1 Å². The molecule has 9 atom stereocenters. The summed E-state index contributed by atoms with van der Waals surface area (Å²) >= 11 is 0. The number of aromatic amines is 1. The van der Waals surface area contributed by atoms with Gasteiger partial charge in [-0.3, -0.25) is 57.7 Å². The van der Waals surface area contributed by atoms with E-state index in [9.17, 15) is 72.9 Å². The molecule has 30 heteroatoms. The maximum atomic E-state index is 14.3. The van der Waals surface area contributed by atoms with Crippen LogP contribution in [0.4, 0.5) is 0 Å². The van der Waals surface area contributed by atoms with Gasteiger partial charge in [-0.1, -0.05) is 58.0 Å². The normalized spacial score (nSPS) is 16.0. The van der Waals surface area contributed by atoms with Gasteiger partial charge in [0, 0.05) is 44.2 Å². The zero-order chi connectivity index (χ0) is 59.8. The van der Waals surface area contributed by atoms with Crippen LogP contribution in [0.3, 0.4) is 0 Å². The number of aliphatic imine (C=N–C) groups is 1. The monoisotopic (exact) mass is 1130 g/mol. The molecule has 2 heterocycles. The maximum Gasteiger partial charge on any atom is 0.326 e. The molecule has 0 bridgehead atoms. The minimum Gasteiger partial charge on any atom is -0.481 e. The molecular weight excluding hydrogens is 1050 g/mol. The fourth-order valence-corrected chi connectivity index (χ4v) is 8.50. The summed E-state index contributed by atoms with van der Waals surface area (Å²) in [7, 11) is 0. The van der Waals surface area contributed by atoms with Crippen LogP contribution in [0.25, 0.3) is 0 Å². The molecule has 440 valence electrons. The first-order valence-electron chi connectivity index (χ1n) is 25.9. The summed E-state index contributed by atoms with van der Waals surface area (Å²) in [4.78, 5) is 171. The molecule has 0 aliphatic carbocycles. The molecule has 1 aliphatic heterocycles. The van der Waals surface area contributed by atoms with E-state index in [4.69, 9.17) is 22.9 Å². The van der Waals surface area contributed by atoms with Gasteiger partial charge in [-0.25, -0.2) is 9.78 Å². The molecule has 19 N–H and O–H groups in total. The van der Waals surface area contributed by atoms with Crippen molar-refractivity contribution in [1.29, 1.82) is 0 Å². The molecule has 1 fully saturated rings. The summed E-state index contributed by atoms with van der Waals surface area (Å²) in [6, 6.07) is -5.43. The Balaban J connectivity index is 1.86. The van der Waals surface area contributed by atoms with Gasteiger partial charge in [0.1, 0.15) is 48.3 Å². The second-order valence-corrected chi connectivity index (χ2v) is 20.0. The maximum absolute atomic E-state index is 14.3. The van der Waals surface area contributed by atoms with Crippen molar-refractivity contribution in [3.63, 3.8) is 0 Å². The molecule has 1 saturated heterocycles. The molecule has 0 radical (unpaired) electrons. The van der Waals surface area contributed by atoms with Crippen molar-refractivity contribution < 1.29 is 72.9 Å². The summed E-state index contributed by atoms with van der Waals surface area (Å²) in [6.07, 6.45) is -0.392. The number of nitrogens with two attached hydrogens (primary N) is 4. The van der Waals surface area contributed by atoms with Crippen molar-refractivity contribution in [3.8, 4) is 0 Å². The van der Waals surface area contributed by atoms with Crippen LogP contribution < -0.4 is 60.2 Å². The van der Waals surface area contributed by atoms with Crippen LogP contribution >= 0.6 is 0 Å². The zero-order valence-electron chi connectivity index (χ0n) is 45.0. The van der Waals surface area contributed by atoms with Crippen molar-refractivity contribution >= 4 is 77.0 Å². The van der Waals surface area contributed by atoms with Crippen LogP contribution in [0.1, 0.15) is 96.7 Å². The number of carbonyl (C=O) groups is 12. The number of rotatable bonds is 34. The average Bonchev–Trinajstić information content (AvgIpc) is 4.09. The summed E-state index contributed by atoms with van der Waals surface area (Å²) in [5.41, 5.74) is 23.2. The van der Waals surface area contributed by atoms with E-state index in [0.717, 1.165) is 4.90 Å². The number of amides is 9. The van der Waals surface area contributed by atoms with Crippen molar-refractivity contribution in [3.05, 3.63) is 54.1 Å². The molecule has 2 aromatic rings. The number of carbonyl (C=O) groups excluding carboxylic acids is 9. The first kappa shape index (κ1) is 65.6. The number of carboxylic acids is 3. The van der Waals surface area contributed by atoms with Gasteiger partial charge in [-0.15, -0.1) is 0 Å². The van der Waals surface area contributed by atoms with Crippen molar-refractivity contribution in [2.24, 2.45) is 39.8 Å². The standard InChI is InChI=1S/C50H75N15O15/c1-25(2)18-29(51)41(71)60-33(20-28-23-55-24-57-28)45(75)64-40(26(3)4)47(77)63-35(22-39(69)70)48(78)65-17-9-13-36(65)46(76)58-30(14-15-38(67)68)42(72)62-34(21-37(52)66)44(74)61-32(19-27-10-6-5-7-11-27)43(73)59-31(49(79)80)12-8-16-56-50(53)54/h5-7,10-11,23-26,29-36,40H,8-9,12-22,51H2,1-4H3,(H2,52,66)(H,55,57)(H,58,76)(H,59,73)(H,60,71)(H,61,74)(H,62,72)(H,63,77)(H,64,75)(H,67,68)(H,69,70)(H,79,80)(H4,53,54,56)/t29-,30-,31-,32-,33-,34-,35-,36-,40-/m0/s1. The number of aliphatic carboxylic acids is 3. The number of aromatic nitrogens is 2. The summed E-state index contributed by atoms with van der Waals surface area (Å²) in [5, 5.41) is 46.4. The topological polar surface area (TPSA) is 498 Å². The van der Waals surface area contributed by atoms with E-state index < -0.39 is 157 Å². The molecule has 1 aromatic carbocycles. The number of hydrogen-bond donors (Lipinski definition) is 15. The molecule has 0 unspecified atom stereocenters. The Morgan fingerprint density at radius 1 is 0.688 bits per heavy atom. The van der Waals surface area contributed by atoms with Crippen LogP contribution in [-0.2, 0) is 70.4 Å². The van der Waals surface area contributed by atoms with E-state index in [1.807, 2.05) is 13.8 Å². The van der Waals surface area contributed by atoms with Crippen LogP contribution in [0.15, 0.2) is 47.8 Å². The second kappa shape index (κ2) is 32.3. The van der Waals surface area contributed by atoms with Gasteiger partial charge < -0.3 is 85.4 Å². The Morgan fingerprint density at radius 2 is 1.27 bits per heavy atom. The van der Waals surface area contributed by atoms with Gasteiger partial charge in [0.15, 0.2) is 5.96 Å². The molecular formula is C50H75N15O15. The number of H-pyrrole nitrogens is 1. The van der Waals surface area contributed by atoms with Gasteiger partial charge in [0.05, 0.1) is 25.2 Å². The van der Waals surface area contributed by atoms with Gasteiger partial charge >= 0.3 is 17.9 Å². The summed E-state index contributed by atoms with van der Waals surface area (Å²) < 4.78 is 0. The third-order valence-corrected chi connectivity index (χ3v) is 12.5. The van der Waals surface area contributed by atoms with Crippen molar-refractivity contribution in [1.82, 2.24) is 52.1 Å². The minimum absolute atomic E-state index is 0.0393. The zero-order valence-corrected chi connectivity index (χ0v) is 45.0. The van der Waals surface area contributed by atoms with E-state index in [-0.39, 0.29) is 63.5 Å². The number of nitrogens with one attached hydrogen (secondary N) is 8. The van der Waals surface area contributed by atoms with Crippen LogP contribution in [-0.4, -0.2) is 175 Å². The molecule has 30 nitrogen and oxygen atoms in total. The van der Waals surface area contributed by atoms with Crippen LogP contribution in [0, 0.1) is 11.8 Å². The van der Waals surface area contributed by atoms with E-state index in [1.54, 1.807) is 44.2 Å². The number of imidazole rings is 1. The summed E-state index contributed by atoms with van der Waals surface area (Å²) in [5.74, 6) is -14.3. The molecule has 80 heavy (non-hydrogen) atoms. The molecule has 1 aromatic heterocycles. The second-order valence-electron chi connectivity index (χ2n) is 20.0. The van der Waals surface area contributed by atoms with Crippen LogP contribution in [0.5, 0.6) is 0 Å². The first-order chi connectivity index (χ1) is 37.7. The number of primary amides is 1. The number of likely N-dealkylation sites (tertiary alicyclic amines) is 1. The molecule has 3 rings (SSSR count). The number of guanidine groups is 1. The predicted molar refractivity (Wildman–Crippen MR) is 283 cm³/mol. The van der Waals surface area contributed by atoms with Crippen LogP contribution in [0.2, 0.25) is 0 Å². The molecule has 1 aliphatic rings. The quantitative estimate of drug-likeness (QED) is 0.0180. The van der Waals surface area contributed by atoms with Gasteiger partial charge in [-0.05, 0) is 55.9 Å². The Bertz CT molecular complexity index is 2520. The number of benzene rings is 1.